The summed E-state index contributed by atoms with van der Waals surface area (Å²) < 4.78 is 13.2. The fourth-order valence-electron chi connectivity index (χ4n) is 4.79. The van der Waals surface area contributed by atoms with Gasteiger partial charge in [0.25, 0.3) is 5.91 Å². The Morgan fingerprint density at radius 2 is 1.94 bits per heavy atom. The van der Waals surface area contributed by atoms with Gasteiger partial charge >= 0.3 is 0 Å². The number of furan rings is 2. The Bertz CT molecular complexity index is 1660. The van der Waals surface area contributed by atoms with Gasteiger partial charge in [-0.25, -0.2) is 0 Å². The highest BCUT2D eigenvalue weighted by atomic mass is 35.5. The second-order valence-corrected chi connectivity index (χ2v) is 8.95. The number of aryl methyl sites for hydroxylation is 1. The molecule has 1 unspecified atom stereocenters. The van der Waals surface area contributed by atoms with Crippen LogP contribution in [0.5, 0.6) is 0 Å². The zero-order valence-electron chi connectivity index (χ0n) is 18.6. The summed E-state index contributed by atoms with van der Waals surface area (Å²) in [6.45, 7) is 0.0797. The molecule has 2 aromatic carbocycles. The number of para-hydroxylation sites is 1. The third kappa shape index (κ3) is 3.35. The molecule has 0 radical (unpaired) electrons. The van der Waals surface area contributed by atoms with Crippen LogP contribution in [0.4, 0.5) is 0 Å². The number of halogens is 1. The number of ketones is 1. The highest BCUT2D eigenvalue weighted by Gasteiger charge is 2.45. The van der Waals surface area contributed by atoms with E-state index in [1.807, 2.05) is 42.1 Å². The molecule has 5 aromatic rings. The molecule has 8 heteroatoms. The maximum Gasteiger partial charge on any atom is 0.290 e. The van der Waals surface area contributed by atoms with Crippen molar-refractivity contribution in [2.24, 2.45) is 7.05 Å². The normalized spacial score (nSPS) is 16.2. The maximum atomic E-state index is 13.8. The zero-order valence-corrected chi connectivity index (χ0v) is 19.3. The Morgan fingerprint density at radius 3 is 2.74 bits per heavy atom. The summed E-state index contributed by atoms with van der Waals surface area (Å²) in [7, 11) is 1.90. The summed E-state index contributed by atoms with van der Waals surface area (Å²) in [5.74, 6) is -1.27. The number of aromatic nitrogens is 1. The van der Waals surface area contributed by atoms with Crippen molar-refractivity contribution in [3.8, 4) is 0 Å². The highest BCUT2D eigenvalue weighted by molar-refractivity contribution is 6.31. The lowest BCUT2D eigenvalue weighted by atomic mass is 9.94. The van der Waals surface area contributed by atoms with Gasteiger partial charge in [0.15, 0.2) is 11.5 Å². The minimum Gasteiger partial charge on any atom is -0.503 e. The third-order valence-electron chi connectivity index (χ3n) is 6.38. The molecule has 0 aliphatic carbocycles. The molecule has 1 N–H and O–H groups in total. The Hall–Kier alpha value is -4.23. The van der Waals surface area contributed by atoms with Crippen LogP contribution in [0.25, 0.3) is 21.9 Å². The molecular formula is C27H19ClN2O5. The first-order valence-electron chi connectivity index (χ1n) is 11.0. The second-order valence-electron chi connectivity index (χ2n) is 8.51. The number of nitrogens with zero attached hydrogens (tertiary/aromatic N) is 2. The number of fused-ring (bicyclic) bond motifs is 2. The largest absolute Gasteiger partial charge is 0.503 e. The molecule has 4 heterocycles. The first kappa shape index (κ1) is 21.3. The number of rotatable bonds is 5. The van der Waals surface area contributed by atoms with Crippen LogP contribution in [0.1, 0.15) is 27.9 Å². The lowest BCUT2D eigenvalue weighted by molar-refractivity contribution is -0.130. The van der Waals surface area contributed by atoms with E-state index in [1.165, 1.54) is 11.2 Å². The van der Waals surface area contributed by atoms with Gasteiger partial charge in [-0.1, -0.05) is 29.8 Å². The van der Waals surface area contributed by atoms with Crippen molar-refractivity contribution in [3.63, 3.8) is 0 Å². The molecule has 0 saturated heterocycles. The first-order chi connectivity index (χ1) is 16.9. The van der Waals surface area contributed by atoms with Crippen LogP contribution < -0.4 is 0 Å². The molecule has 7 nitrogen and oxygen atoms in total. The van der Waals surface area contributed by atoms with Crippen LogP contribution in [-0.2, 0) is 18.4 Å². The Balaban J connectivity index is 1.52. The molecule has 6 rings (SSSR count). The monoisotopic (exact) mass is 486 g/mol. The summed E-state index contributed by atoms with van der Waals surface area (Å²) in [4.78, 5) is 28.5. The van der Waals surface area contributed by atoms with Gasteiger partial charge in [-0.05, 0) is 42.5 Å². The lowest BCUT2D eigenvalue weighted by Crippen LogP contribution is -2.30. The van der Waals surface area contributed by atoms with E-state index in [0.717, 1.165) is 16.5 Å². The molecule has 0 spiro atoms. The summed E-state index contributed by atoms with van der Waals surface area (Å²) >= 11 is 6.09. The van der Waals surface area contributed by atoms with E-state index in [-0.39, 0.29) is 17.9 Å². The number of aliphatic hydroxyl groups is 1. The predicted molar refractivity (Wildman–Crippen MR) is 130 cm³/mol. The van der Waals surface area contributed by atoms with Gasteiger partial charge in [-0.15, -0.1) is 0 Å². The number of carbonyl (C=O) groups is 2. The molecule has 1 aliphatic heterocycles. The Morgan fingerprint density at radius 1 is 1.11 bits per heavy atom. The van der Waals surface area contributed by atoms with E-state index in [0.29, 0.717) is 21.8 Å². The van der Waals surface area contributed by atoms with Crippen LogP contribution >= 0.6 is 11.6 Å². The van der Waals surface area contributed by atoms with E-state index in [2.05, 4.69) is 0 Å². The number of hydrogen-bond donors (Lipinski definition) is 1. The Kier molecular flexibility index (Phi) is 4.82. The molecule has 0 saturated carbocycles. The molecule has 0 bridgehead atoms. The number of amides is 1. The van der Waals surface area contributed by atoms with E-state index in [1.54, 1.807) is 36.4 Å². The third-order valence-corrected chi connectivity index (χ3v) is 6.61. The van der Waals surface area contributed by atoms with E-state index >= 15 is 0 Å². The van der Waals surface area contributed by atoms with E-state index in [4.69, 9.17) is 20.4 Å². The molecule has 0 fully saturated rings. The van der Waals surface area contributed by atoms with Gasteiger partial charge < -0.3 is 23.4 Å². The van der Waals surface area contributed by atoms with Gasteiger partial charge in [0.05, 0.1) is 24.4 Å². The first-order valence-corrected chi connectivity index (χ1v) is 11.3. The van der Waals surface area contributed by atoms with Gasteiger partial charge in [0.2, 0.25) is 5.78 Å². The molecule has 1 aliphatic rings. The van der Waals surface area contributed by atoms with Crippen LogP contribution in [0.3, 0.4) is 0 Å². The summed E-state index contributed by atoms with van der Waals surface area (Å²) in [5, 5.41) is 13.0. The van der Waals surface area contributed by atoms with Crippen molar-refractivity contribution in [3.05, 3.63) is 107 Å². The number of benzene rings is 2. The van der Waals surface area contributed by atoms with Crippen LogP contribution in [-0.4, -0.2) is 26.3 Å². The minimum atomic E-state index is -0.844. The fraction of sp³-hybridized carbons (Fsp3) is 0.111. The van der Waals surface area contributed by atoms with Crippen LogP contribution in [0.2, 0.25) is 5.02 Å². The van der Waals surface area contributed by atoms with Crippen molar-refractivity contribution >= 4 is 45.2 Å². The summed E-state index contributed by atoms with van der Waals surface area (Å²) in [5.41, 5.74) is 2.10. The average Bonchev–Trinajstić information content (AvgIpc) is 3.62. The number of hydrogen-bond acceptors (Lipinski definition) is 5. The van der Waals surface area contributed by atoms with Crippen LogP contribution in [0.15, 0.2) is 93.3 Å². The van der Waals surface area contributed by atoms with Crippen molar-refractivity contribution in [2.45, 2.75) is 12.6 Å². The summed E-state index contributed by atoms with van der Waals surface area (Å²) in [6, 6.07) is 16.9. The highest BCUT2D eigenvalue weighted by Crippen LogP contribution is 2.43. The van der Waals surface area contributed by atoms with Crippen molar-refractivity contribution < 1.29 is 23.5 Å². The minimum absolute atomic E-state index is 0.0155. The topological polar surface area (TPSA) is 88.8 Å². The van der Waals surface area contributed by atoms with E-state index < -0.39 is 23.5 Å². The molecule has 174 valence electrons. The molecular weight excluding hydrogens is 468 g/mol. The zero-order chi connectivity index (χ0) is 24.3. The SMILES string of the molecule is Cn1cc(C2C(C(=O)c3cc4cc(Cl)ccc4o3)=C(O)C(=O)N2Cc2ccco2)c2ccccc21. The Labute approximate surface area is 204 Å². The quantitative estimate of drug-likeness (QED) is 0.310. The lowest BCUT2D eigenvalue weighted by Gasteiger charge is -2.25. The van der Waals surface area contributed by atoms with Gasteiger partial charge in [-0.3, -0.25) is 9.59 Å². The number of aliphatic hydroxyl groups excluding tert-OH is 1. The molecule has 3 aromatic heterocycles. The van der Waals surface area contributed by atoms with Crippen LogP contribution in [0, 0.1) is 0 Å². The molecule has 1 amide bonds. The predicted octanol–water partition coefficient (Wildman–Crippen LogP) is 5.95. The van der Waals surface area contributed by atoms with Crippen molar-refractivity contribution in [1.29, 1.82) is 0 Å². The number of carbonyl (C=O) groups excluding carboxylic acids is 2. The average molecular weight is 487 g/mol. The molecule has 1 atom stereocenters. The summed E-state index contributed by atoms with van der Waals surface area (Å²) in [6.07, 6.45) is 3.39. The fourth-order valence-corrected chi connectivity index (χ4v) is 4.97. The standard InChI is InChI=1S/C27H19ClN2O5/c1-29-14-19(18-6-2-3-7-20(18)29)24-23(26(32)27(33)30(24)13-17-5-4-10-34-17)25(31)22-12-15-11-16(28)8-9-21(15)35-22/h2-12,14,24,32H,13H2,1H3. The van der Waals surface area contributed by atoms with Crippen molar-refractivity contribution in [1.82, 2.24) is 9.47 Å². The van der Waals surface area contributed by atoms with Gasteiger partial charge in [0.1, 0.15) is 11.3 Å². The molecule has 35 heavy (non-hydrogen) atoms. The maximum absolute atomic E-state index is 13.8. The van der Waals surface area contributed by atoms with Gasteiger partial charge in [0, 0.05) is 40.1 Å². The number of Topliss-reactive ketones (excluding diaryl/α,β-unsaturated/α-hetero) is 1. The van der Waals surface area contributed by atoms with Gasteiger partial charge in [-0.2, -0.15) is 0 Å². The van der Waals surface area contributed by atoms with Crippen molar-refractivity contribution in [2.75, 3.05) is 0 Å². The smallest absolute Gasteiger partial charge is 0.290 e. The van der Waals surface area contributed by atoms with E-state index in [9.17, 15) is 14.7 Å². The second kappa shape index (κ2) is 7.92.